The van der Waals surface area contributed by atoms with E-state index in [2.05, 4.69) is 5.32 Å². The molecule has 104 valence electrons. The molecule has 1 aromatic carbocycles. The van der Waals surface area contributed by atoms with Crippen molar-refractivity contribution in [2.45, 2.75) is 44.4 Å². The molecule has 2 rings (SSSR count). The van der Waals surface area contributed by atoms with Crippen molar-refractivity contribution in [2.24, 2.45) is 0 Å². The van der Waals surface area contributed by atoms with Crippen LogP contribution in [0.2, 0.25) is 0 Å². The highest BCUT2D eigenvalue weighted by atomic mass is 16.5. The van der Waals surface area contributed by atoms with Crippen LogP contribution in [0.3, 0.4) is 0 Å². The maximum absolute atomic E-state index is 11.0. The molecule has 4 nitrogen and oxygen atoms in total. The number of benzene rings is 1. The molecule has 1 amide bonds. The second kappa shape index (κ2) is 7.26. The van der Waals surface area contributed by atoms with Crippen LogP contribution < -0.4 is 5.32 Å². The Hall–Kier alpha value is -1.39. The Kier molecular flexibility index (Phi) is 5.36. The average molecular weight is 263 g/mol. The Morgan fingerprint density at radius 3 is 2.84 bits per heavy atom. The predicted octanol–water partition coefficient (Wildman–Crippen LogP) is 1.62. The van der Waals surface area contributed by atoms with Crippen LogP contribution in [0.4, 0.5) is 0 Å². The van der Waals surface area contributed by atoms with Crippen molar-refractivity contribution in [3.8, 4) is 0 Å². The van der Waals surface area contributed by atoms with Crippen LogP contribution in [0.1, 0.15) is 31.2 Å². The van der Waals surface area contributed by atoms with Crippen LogP contribution in [0.25, 0.3) is 0 Å². The molecule has 0 aromatic heterocycles. The number of amides is 1. The van der Waals surface area contributed by atoms with E-state index in [1.807, 2.05) is 30.3 Å². The zero-order valence-corrected chi connectivity index (χ0v) is 11.0. The van der Waals surface area contributed by atoms with Crippen molar-refractivity contribution in [3.05, 3.63) is 35.9 Å². The van der Waals surface area contributed by atoms with E-state index < -0.39 is 6.10 Å². The molecule has 0 radical (unpaired) electrons. The highest BCUT2D eigenvalue weighted by molar-refractivity contribution is 5.78. The van der Waals surface area contributed by atoms with E-state index in [1.54, 1.807) is 0 Å². The van der Waals surface area contributed by atoms with Gasteiger partial charge >= 0.3 is 0 Å². The summed E-state index contributed by atoms with van der Waals surface area (Å²) in [5.74, 6) is 0.0457. The lowest BCUT2D eigenvalue weighted by atomic mass is 10.1. The van der Waals surface area contributed by atoms with Crippen molar-refractivity contribution < 1.29 is 14.6 Å². The van der Waals surface area contributed by atoms with E-state index in [9.17, 15) is 9.90 Å². The number of carbonyl (C=O) groups is 1. The lowest BCUT2D eigenvalue weighted by molar-refractivity contribution is -0.119. The lowest BCUT2D eigenvalue weighted by Gasteiger charge is -2.17. The van der Waals surface area contributed by atoms with Gasteiger partial charge in [0.1, 0.15) is 0 Å². The van der Waals surface area contributed by atoms with Gasteiger partial charge in [0.2, 0.25) is 5.91 Å². The summed E-state index contributed by atoms with van der Waals surface area (Å²) in [6, 6.07) is 9.96. The highest BCUT2D eigenvalue weighted by Crippen LogP contribution is 2.14. The lowest BCUT2D eigenvalue weighted by Crippen LogP contribution is -2.36. The first-order valence-corrected chi connectivity index (χ1v) is 6.85. The summed E-state index contributed by atoms with van der Waals surface area (Å²) in [6.45, 7) is 1.24. The van der Waals surface area contributed by atoms with Gasteiger partial charge in [0.15, 0.2) is 0 Å². The third kappa shape index (κ3) is 4.65. The first-order valence-electron chi connectivity index (χ1n) is 6.85. The molecule has 19 heavy (non-hydrogen) atoms. The van der Waals surface area contributed by atoms with Gasteiger partial charge < -0.3 is 15.2 Å². The topological polar surface area (TPSA) is 58.6 Å². The molecule has 1 heterocycles. The summed E-state index contributed by atoms with van der Waals surface area (Å²) >= 11 is 0. The Balaban J connectivity index is 1.55. The third-order valence-corrected chi connectivity index (χ3v) is 3.39. The number of rotatable bonds is 7. The maximum atomic E-state index is 11.0. The second-order valence-electron chi connectivity index (χ2n) is 4.96. The van der Waals surface area contributed by atoms with E-state index in [1.165, 1.54) is 0 Å². The fourth-order valence-corrected chi connectivity index (χ4v) is 2.29. The molecule has 2 N–H and O–H groups in total. The Labute approximate surface area is 113 Å². The number of aliphatic hydroxyl groups excluding tert-OH is 1. The molecule has 2 atom stereocenters. The van der Waals surface area contributed by atoms with Crippen LogP contribution in [0.5, 0.6) is 0 Å². The van der Waals surface area contributed by atoms with Gasteiger partial charge in [0.25, 0.3) is 0 Å². The molecule has 4 heteroatoms. The second-order valence-corrected chi connectivity index (χ2v) is 4.96. The van der Waals surface area contributed by atoms with Crippen molar-refractivity contribution >= 4 is 5.91 Å². The van der Waals surface area contributed by atoms with Crippen LogP contribution in [-0.2, 0) is 16.1 Å². The summed E-state index contributed by atoms with van der Waals surface area (Å²) < 4.78 is 5.56. The number of ether oxygens (including phenoxy) is 1. The summed E-state index contributed by atoms with van der Waals surface area (Å²) in [4.78, 5) is 11.0. The minimum absolute atomic E-state index is 0.0457. The molecule has 1 aliphatic heterocycles. The first kappa shape index (κ1) is 14.0. The number of hydrogen-bond donors (Lipinski definition) is 2. The average Bonchev–Trinajstić information content (AvgIpc) is 2.86. The fourth-order valence-electron chi connectivity index (χ4n) is 2.29. The zero-order chi connectivity index (χ0) is 13.5. The number of aliphatic hydroxyl groups is 1. The SMILES string of the molecule is O=C1CCC(C(O)CCCOCc2ccccc2)N1. The normalized spacial score (nSPS) is 20.3. The largest absolute Gasteiger partial charge is 0.391 e. The smallest absolute Gasteiger partial charge is 0.220 e. The number of nitrogens with one attached hydrogen (secondary N) is 1. The van der Waals surface area contributed by atoms with Crippen LogP contribution in [-0.4, -0.2) is 29.8 Å². The molecule has 0 spiro atoms. The molecule has 0 aliphatic carbocycles. The number of carbonyl (C=O) groups excluding carboxylic acids is 1. The highest BCUT2D eigenvalue weighted by Gasteiger charge is 2.26. The molecule has 0 saturated carbocycles. The van der Waals surface area contributed by atoms with Gasteiger partial charge in [-0.25, -0.2) is 0 Å². The number of hydrogen-bond acceptors (Lipinski definition) is 3. The first-order chi connectivity index (χ1) is 9.25. The van der Waals surface area contributed by atoms with E-state index in [-0.39, 0.29) is 11.9 Å². The van der Waals surface area contributed by atoms with E-state index in [4.69, 9.17) is 4.74 Å². The summed E-state index contributed by atoms with van der Waals surface area (Å²) in [6.07, 6.45) is 2.30. The van der Waals surface area contributed by atoms with E-state index >= 15 is 0 Å². The third-order valence-electron chi connectivity index (χ3n) is 3.39. The molecule has 0 bridgehead atoms. The molecular weight excluding hydrogens is 242 g/mol. The fraction of sp³-hybridized carbons (Fsp3) is 0.533. The Bertz CT molecular complexity index is 394. The molecule has 2 unspecified atom stereocenters. The molecule has 1 aromatic rings. The van der Waals surface area contributed by atoms with Crippen LogP contribution in [0.15, 0.2) is 30.3 Å². The van der Waals surface area contributed by atoms with Crippen molar-refractivity contribution in [1.29, 1.82) is 0 Å². The molecule has 1 aliphatic rings. The van der Waals surface area contributed by atoms with Crippen molar-refractivity contribution in [2.75, 3.05) is 6.61 Å². The summed E-state index contributed by atoms with van der Waals surface area (Å²) in [7, 11) is 0. The Morgan fingerprint density at radius 1 is 1.37 bits per heavy atom. The van der Waals surface area contributed by atoms with Crippen molar-refractivity contribution in [1.82, 2.24) is 5.32 Å². The quantitative estimate of drug-likeness (QED) is 0.735. The molecule has 1 saturated heterocycles. The maximum Gasteiger partial charge on any atom is 0.220 e. The van der Waals surface area contributed by atoms with Gasteiger partial charge in [-0.1, -0.05) is 30.3 Å². The van der Waals surface area contributed by atoms with E-state index in [0.717, 1.165) is 18.4 Å². The summed E-state index contributed by atoms with van der Waals surface area (Å²) in [5.41, 5.74) is 1.16. The minimum Gasteiger partial charge on any atom is -0.391 e. The van der Waals surface area contributed by atoms with Crippen molar-refractivity contribution in [3.63, 3.8) is 0 Å². The van der Waals surface area contributed by atoms with Gasteiger partial charge in [-0.05, 0) is 24.8 Å². The summed E-state index contributed by atoms with van der Waals surface area (Å²) in [5, 5.41) is 12.7. The van der Waals surface area contributed by atoms with Crippen LogP contribution in [0, 0.1) is 0 Å². The van der Waals surface area contributed by atoms with Gasteiger partial charge in [0, 0.05) is 13.0 Å². The van der Waals surface area contributed by atoms with E-state index in [0.29, 0.717) is 26.1 Å². The van der Waals surface area contributed by atoms with Crippen LogP contribution >= 0.6 is 0 Å². The minimum atomic E-state index is -0.452. The van der Waals surface area contributed by atoms with Gasteiger partial charge in [-0.2, -0.15) is 0 Å². The Morgan fingerprint density at radius 2 is 2.16 bits per heavy atom. The predicted molar refractivity (Wildman–Crippen MR) is 72.5 cm³/mol. The van der Waals surface area contributed by atoms with Gasteiger partial charge in [-0.15, -0.1) is 0 Å². The molecule has 1 fully saturated rings. The standard InChI is InChI=1S/C15H21NO3/c17-14(13-8-9-15(18)16-13)7-4-10-19-11-12-5-2-1-3-6-12/h1-3,5-6,13-14,17H,4,7-11H2,(H,16,18). The zero-order valence-electron chi connectivity index (χ0n) is 11.0. The monoisotopic (exact) mass is 263 g/mol. The van der Waals surface area contributed by atoms with Gasteiger partial charge in [-0.3, -0.25) is 4.79 Å². The van der Waals surface area contributed by atoms with Gasteiger partial charge in [0.05, 0.1) is 18.8 Å². The molecular formula is C15H21NO3.